The Hall–Kier alpha value is -4.36. The van der Waals surface area contributed by atoms with E-state index in [2.05, 4.69) is 5.10 Å². The summed E-state index contributed by atoms with van der Waals surface area (Å²) in [7, 11) is 1.54. The van der Waals surface area contributed by atoms with Crippen molar-refractivity contribution in [3.63, 3.8) is 0 Å². The Morgan fingerprint density at radius 2 is 1.73 bits per heavy atom. The molecule has 4 rings (SSSR count). The van der Waals surface area contributed by atoms with Crippen LogP contribution in [0, 0.1) is 22.7 Å². The average molecular weight is 395 g/mol. The van der Waals surface area contributed by atoms with Gasteiger partial charge in [0.05, 0.1) is 12.8 Å². The fourth-order valence-electron chi connectivity index (χ4n) is 3.68. The number of hydrogen-bond acceptors (Lipinski definition) is 6. The topological polar surface area (TPSA) is 117 Å². The third kappa shape index (κ3) is 2.99. The summed E-state index contributed by atoms with van der Waals surface area (Å²) in [5.74, 6) is 0.521. The number of hydrogen-bond donors (Lipinski definition) is 1. The van der Waals surface area contributed by atoms with Gasteiger partial charge in [-0.25, -0.2) is 0 Å². The van der Waals surface area contributed by atoms with Crippen LogP contribution in [0.25, 0.3) is 11.1 Å². The Kier molecular flexibility index (Phi) is 4.79. The number of methoxy groups -OCH3 is 1. The quantitative estimate of drug-likeness (QED) is 0.731. The molecule has 2 aromatic carbocycles. The Morgan fingerprint density at radius 3 is 2.40 bits per heavy atom. The average Bonchev–Trinajstić information content (AvgIpc) is 3.19. The molecule has 2 N–H and O–H groups in total. The van der Waals surface area contributed by atoms with Crippen LogP contribution < -0.4 is 16.0 Å². The Labute approximate surface area is 172 Å². The predicted octanol–water partition coefficient (Wildman–Crippen LogP) is 3.05. The van der Waals surface area contributed by atoms with E-state index < -0.39 is 5.56 Å². The highest BCUT2D eigenvalue weighted by molar-refractivity contribution is 6.04. The highest BCUT2D eigenvalue weighted by atomic mass is 16.5. The maximum absolute atomic E-state index is 13.1. The fraction of sp³-hybridized carbons (Fsp3) is 0.130. The first-order valence-corrected chi connectivity index (χ1v) is 9.28. The number of nitrogens with two attached hydrogens (primary N) is 1. The molecule has 0 saturated heterocycles. The van der Waals surface area contributed by atoms with Crippen LogP contribution in [0.5, 0.6) is 5.75 Å². The molecule has 1 aliphatic carbocycles. The summed E-state index contributed by atoms with van der Waals surface area (Å²) in [5.41, 5.74) is 8.92. The lowest BCUT2D eigenvalue weighted by Gasteiger charge is -2.13. The molecule has 0 atom stereocenters. The predicted molar refractivity (Wildman–Crippen MR) is 113 cm³/mol. The maximum atomic E-state index is 13.1. The van der Waals surface area contributed by atoms with Crippen molar-refractivity contribution in [3.05, 3.63) is 81.1 Å². The molecule has 1 aromatic heterocycles. The molecular formula is C23H17N5O2. The lowest BCUT2D eigenvalue weighted by atomic mass is 9.96. The summed E-state index contributed by atoms with van der Waals surface area (Å²) in [6.45, 7) is 0. The lowest BCUT2D eigenvalue weighted by Crippen LogP contribution is -2.26. The van der Waals surface area contributed by atoms with Gasteiger partial charge < -0.3 is 10.5 Å². The molecule has 3 aromatic rings. The van der Waals surface area contributed by atoms with Crippen LogP contribution in [-0.4, -0.2) is 17.5 Å². The number of ether oxygens (including phenoxy) is 1. The van der Waals surface area contributed by atoms with E-state index in [-0.39, 0.29) is 22.5 Å². The third-order valence-electron chi connectivity index (χ3n) is 5.17. The molecule has 0 fully saturated rings. The molecule has 0 unspecified atom stereocenters. The molecule has 0 aliphatic heterocycles. The van der Waals surface area contributed by atoms with Crippen LogP contribution in [0.3, 0.4) is 0 Å². The number of nitriles is 2. The molecule has 7 heteroatoms. The van der Waals surface area contributed by atoms with Gasteiger partial charge in [-0.05, 0) is 36.1 Å². The Morgan fingerprint density at radius 1 is 1.03 bits per heavy atom. The number of nitrogen functional groups attached to an aromatic ring is 1. The maximum Gasteiger partial charge on any atom is 0.291 e. The van der Waals surface area contributed by atoms with Gasteiger partial charge in [-0.15, -0.1) is 0 Å². The van der Waals surface area contributed by atoms with Gasteiger partial charge in [0.1, 0.15) is 34.8 Å². The largest absolute Gasteiger partial charge is 0.497 e. The van der Waals surface area contributed by atoms with Gasteiger partial charge in [0, 0.05) is 11.1 Å². The number of rotatable bonds is 3. The molecule has 0 amide bonds. The zero-order valence-electron chi connectivity index (χ0n) is 16.2. The summed E-state index contributed by atoms with van der Waals surface area (Å²) in [5, 5.41) is 24.0. The molecule has 146 valence electrons. The first-order valence-electron chi connectivity index (χ1n) is 9.28. The van der Waals surface area contributed by atoms with E-state index in [4.69, 9.17) is 10.5 Å². The molecule has 0 spiro atoms. The highest BCUT2D eigenvalue weighted by Gasteiger charge is 2.24. The second-order valence-corrected chi connectivity index (χ2v) is 6.78. The van der Waals surface area contributed by atoms with Gasteiger partial charge in [0.25, 0.3) is 5.56 Å². The number of aryl methyl sites for hydroxylation is 1. The van der Waals surface area contributed by atoms with E-state index in [1.54, 1.807) is 24.3 Å². The van der Waals surface area contributed by atoms with E-state index >= 15 is 0 Å². The van der Waals surface area contributed by atoms with Crippen LogP contribution in [0.4, 0.5) is 5.82 Å². The van der Waals surface area contributed by atoms with Crippen molar-refractivity contribution < 1.29 is 4.74 Å². The van der Waals surface area contributed by atoms with Crippen LogP contribution >= 0.6 is 0 Å². The number of anilines is 1. The zero-order valence-corrected chi connectivity index (χ0v) is 16.2. The van der Waals surface area contributed by atoms with E-state index in [1.807, 2.05) is 36.4 Å². The van der Waals surface area contributed by atoms with Gasteiger partial charge in [0.15, 0.2) is 0 Å². The summed E-state index contributed by atoms with van der Waals surface area (Å²) >= 11 is 0. The van der Waals surface area contributed by atoms with Crippen molar-refractivity contribution in [3.8, 4) is 29.0 Å². The van der Waals surface area contributed by atoms with E-state index in [1.165, 1.54) is 7.11 Å². The van der Waals surface area contributed by atoms with Crippen molar-refractivity contribution in [1.82, 2.24) is 4.68 Å². The number of fused-ring (bicyclic) bond motifs is 1. The Bertz CT molecular complexity index is 1320. The minimum absolute atomic E-state index is 0.0342. The van der Waals surface area contributed by atoms with Gasteiger partial charge in [0.2, 0.25) is 0 Å². The fourth-order valence-corrected chi connectivity index (χ4v) is 3.68. The number of pyridine rings is 1. The van der Waals surface area contributed by atoms with Crippen molar-refractivity contribution in [2.45, 2.75) is 12.8 Å². The minimum Gasteiger partial charge on any atom is -0.497 e. The van der Waals surface area contributed by atoms with Crippen LogP contribution in [0.15, 0.2) is 58.4 Å². The molecule has 0 bridgehead atoms. The first kappa shape index (κ1) is 19.0. The number of benzene rings is 2. The van der Waals surface area contributed by atoms with E-state index in [9.17, 15) is 15.3 Å². The highest BCUT2D eigenvalue weighted by Crippen LogP contribution is 2.31. The van der Waals surface area contributed by atoms with Gasteiger partial charge >= 0.3 is 0 Å². The van der Waals surface area contributed by atoms with Crippen LogP contribution in [0.2, 0.25) is 0 Å². The summed E-state index contributed by atoms with van der Waals surface area (Å²) in [6, 6.07) is 18.5. The van der Waals surface area contributed by atoms with E-state index in [0.717, 1.165) is 22.2 Å². The summed E-state index contributed by atoms with van der Waals surface area (Å²) in [6.07, 6.45) is 1.46. The molecule has 1 aliphatic rings. The Balaban J connectivity index is 1.96. The third-order valence-corrected chi connectivity index (χ3v) is 5.17. The second-order valence-electron chi connectivity index (χ2n) is 6.78. The smallest absolute Gasteiger partial charge is 0.291 e. The lowest BCUT2D eigenvalue weighted by molar-refractivity contribution is 0.415. The minimum atomic E-state index is -0.656. The first-order chi connectivity index (χ1) is 14.6. The zero-order chi connectivity index (χ0) is 21.3. The standard InChI is InChI=1S/C23H17N5O2/c1-30-16-9-6-15(7-10-16)21-18(12-24)22(26)28(23(29)19(21)13-25)27-20-11-8-14-4-2-3-5-17(14)20/h2-7,9-10H,8,11,26H2,1H3/b27-20+. The number of nitrogens with zero attached hydrogens (tertiary/aromatic N) is 4. The van der Waals surface area contributed by atoms with Crippen molar-refractivity contribution in [1.29, 1.82) is 10.5 Å². The molecule has 0 radical (unpaired) electrons. The van der Waals surface area contributed by atoms with Gasteiger partial charge in [-0.1, -0.05) is 36.4 Å². The molecule has 0 saturated carbocycles. The molecule has 1 heterocycles. The monoisotopic (exact) mass is 395 g/mol. The van der Waals surface area contributed by atoms with Crippen LogP contribution in [-0.2, 0) is 6.42 Å². The SMILES string of the molecule is COc1ccc(-c2c(C#N)c(N)n(/N=C3\CCc4ccccc43)c(=O)c2C#N)cc1. The second kappa shape index (κ2) is 7.57. The van der Waals surface area contributed by atoms with Crippen molar-refractivity contribution >= 4 is 11.5 Å². The summed E-state index contributed by atoms with van der Waals surface area (Å²) in [4.78, 5) is 13.1. The van der Waals surface area contributed by atoms with Gasteiger partial charge in [-0.2, -0.15) is 20.3 Å². The molecule has 30 heavy (non-hydrogen) atoms. The van der Waals surface area contributed by atoms with Crippen LogP contribution in [0.1, 0.15) is 28.7 Å². The number of aromatic nitrogens is 1. The van der Waals surface area contributed by atoms with Crippen molar-refractivity contribution in [2.75, 3.05) is 12.8 Å². The van der Waals surface area contributed by atoms with Gasteiger partial charge in [-0.3, -0.25) is 4.79 Å². The normalized spacial score (nSPS) is 13.5. The molecular weight excluding hydrogens is 378 g/mol. The summed E-state index contributed by atoms with van der Waals surface area (Å²) < 4.78 is 6.12. The molecule has 7 nitrogen and oxygen atoms in total. The van der Waals surface area contributed by atoms with E-state index in [0.29, 0.717) is 23.4 Å². The van der Waals surface area contributed by atoms with Crippen molar-refractivity contribution in [2.24, 2.45) is 5.10 Å².